The van der Waals surface area contributed by atoms with E-state index in [0.29, 0.717) is 35.8 Å². The van der Waals surface area contributed by atoms with Gasteiger partial charge in [0.1, 0.15) is 36.8 Å². The van der Waals surface area contributed by atoms with Gasteiger partial charge in [-0.3, -0.25) is 4.79 Å². The quantitative estimate of drug-likeness (QED) is 0.0483. The van der Waals surface area contributed by atoms with Crippen LogP contribution in [0.25, 0.3) is 0 Å². The molecule has 0 fully saturated rings. The average molecular weight is 767 g/mol. The molecular weight excluding hydrogens is 713 g/mol. The summed E-state index contributed by atoms with van der Waals surface area (Å²) in [5, 5.41) is 9.10. The molecule has 2 unspecified atom stereocenters. The molecule has 0 radical (unpaired) electrons. The number of hydrogen-bond acceptors (Lipinski definition) is 9. The van der Waals surface area contributed by atoms with Crippen molar-refractivity contribution >= 4 is 32.1 Å². The maximum atomic E-state index is 13.9. The molecule has 3 aromatic rings. The molecule has 1 aliphatic carbocycles. The lowest BCUT2D eigenvalue weighted by Gasteiger charge is -2.26. The van der Waals surface area contributed by atoms with Crippen LogP contribution in [0.5, 0.6) is 17.2 Å². The number of hydrogen-bond donors (Lipinski definition) is 0. The van der Waals surface area contributed by atoms with Crippen molar-refractivity contribution in [2.75, 3.05) is 39.5 Å². The van der Waals surface area contributed by atoms with Gasteiger partial charge in [-0.1, -0.05) is 63.5 Å². The summed E-state index contributed by atoms with van der Waals surface area (Å²) < 4.78 is 58.5. The summed E-state index contributed by atoms with van der Waals surface area (Å²) in [6.07, 6.45) is 1.26. The van der Waals surface area contributed by atoms with Crippen molar-refractivity contribution in [1.29, 1.82) is 5.26 Å². The van der Waals surface area contributed by atoms with Gasteiger partial charge in [-0.2, -0.15) is 9.57 Å². The van der Waals surface area contributed by atoms with E-state index in [4.69, 9.17) is 28.9 Å². The standard InChI is InChI=1S/C39H54N2O8SSi2/c1-45-39(42)25-32(27-50(43,44)41(28-46-21-23-51(2,3)4)29-47-22-24-52(5,6)7)31-13-17-34(18-14-31)49-38-20-19-36-35(38)9-8-10-37(36)48-33-15-11-30(26-40)12-16-33/h8-18,32,38H,19-25,27-29H2,1-7H3. The first-order chi connectivity index (χ1) is 24.6. The number of carbonyl (C=O) groups is 1. The van der Waals surface area contributed by atoms with Gasteiger partial charge in [0.05, 0.1) is 30.9 Å². The maximum Gasteiger partial charge on any atom is 0.306 e. The van der Waals surface area contributed by atoms with E-state index in [1.54, 1.807) is 24.3 Å². The van der Waals surface area contributed by atoms with Gasteiger partial charge in [0.15, 0.2) is 0 Å². The number of esters is 1. The number of rotatable bonds is 20. The summed E-state index contributed by atoms with van der Waals surface area (Å²) in [7, 11) is -5.34. The van der Waals surface area contributed by atoms with Crippen LogP contribution in [0.4, 0.5) is 0 Å². The van der Waals surface area contributed by atoms with Crippen LogP contribution in [0.1, 0.15) is 47.1 Å². The minimum atomic E-state index is -3.91. The second-order valence-electron chi connectivity index (χ2n) is 15.7. The van der Waals surface area contributed by atoms with Gasteiger partial charge in [0.2, 0.25) is 10.0 Å². The van der Waals surface area contributed by atoms with Crippen LogP contribution in [-0.4, -0.2) is 74.4 Å². The Labute approximate surface area is 312 Å². The first-order valence-corrected chi connectivity index (χ1v) is 26.9. The molecule has 282 valence electrons. The van der Waals surface area contributed by atoms with Gasteiger partial charge in [0, 0.05) is 40.8 Å². The SMILES string of the molecule is COC(=O)CC(CS(=O)(=O)N(COCC[Si](C)(C)C)COCC[Si](C)(C)C)c1ccc(OC2CCc3c(Oc4ccc(C#N)cc4)cccc32)cc1. The third-order valence-corrected chi connectivity index (χ3v) is 14.2. The first kappa shape index (κ1) is 41.2. The molecule has 10 nitrogen and oxygen atoms in total. The summed E-state index contributed by atoms with van der Waals surface area (Å²) in [5.41, 5.74) is 3.38. The molecule has 0 aliphatic heterocycles. The summed E-state index contributed by atoms with van der Waals surface area (Å²) in [4.78, 5) is 12.5. The topological polar surface area (TPSA) is 124 Å². The molecule has 1 aliphatic rings. The number of nitriles is 1. The highest BCUT2D eigenvalue weighted by molar-refractivity contribution is 7.89. The van der Waals surface area contributed by atoms with E-state index in [-0.39, 0.29) is 31.7 Å². The lowest BCUT2D eigenvalue weighted by Crippen LogP contribution is -2.39. The van der Waals surface area contributed by atoms with Crippen LogP contribution >= 0.6 is 0 Å². The number of fused-ring (bicyclic) bond motifs is 1. The Morgan fingerprint density at radius 2 is 1.48 bits per heavy atom. The minimum absolute atomic E-state index is 0.102. The Hall–Kier alpha value is -3.52. The molecule has 0 saturated carbocycles. The van der Waals surface area contributed by atoms with Crippen molar-refractivity contribution in [3.8, 4) is 23.3 Å². The fourth-order valence-electron chi connectivity index (χ4n) is 5.71. The van der Waals surface area contributed by atoms with Crippen LogP contribution < -0.4 is 9.47 Å². The highest BCUT2D eigenvalue weighted by Crippen LogP contribution is 2.41. The van der Waals surface area contributed by atoms with Crippen molar-refractivity contribution in [3.63, 3.8) is 0 Å². The molecular formula is C39H54N2O8SSi2. The molecule has 52 heavy (non-hydrogen) atoms. The number of ether oxygens (including phenoxy) is 5. The smallest absolute Gasteiger partial charge is 0.306 e. The van der Waals surface area contributed by atoms with E-state index in [2.05, 4.69) is 45.4 Å². The van der Waals surface area contributed by atoms with E-state index < -0.39 is 38.1 Å². The lowest BCUT2D eigenvalue weighted by molar-refractivity contribution is -0.140. The van der Waals surface area contributed by atoms with Crippen LogP contribution in [-0.2, 0) is 35.4 Å². The summed E-state index contributed by atoms with van der Waals surface area (Å²) >= 11 is 0. The third kappa shape index (κ3) is 12.9. The molecule has 0 spiro atoms. The van der Waals surface area contributed by atoms with Crippen LogP contribution in [0.3, 0.4) is 0 Å². The zero-order valence-corrected chi connectivity index (χ0v) is 34.5. The molecule has 0 N–H and O–H groups in total. The van der Waals surface area contributed by atoms with Crippen molar-refractivity contribution < 1.29 is 36.9 Å². The van der Waals surface area contributed by atoms with E-state index in [0.717, 1.165) is 41.8 Å². The monoisotopic (exact) mass is 766 g/mol. The van der Waals surface area contributed by atoms with Crippen LogP contribution in [0.15, 0.2) is 66.7 Å². The Morgan fingerprint density at radius 3 is 2.04 bits per heavy atom. The largest absolute Gasteiger partial charge is 0.486 e. The molecule has 0 saturated heterocycles. The lowest BCUT2D eigenvalue weighted by atomic mass is 9.97. The maximum absolute atomic E-state index is 13.9. The van der Waals surface area contributed by atoms with Crippen molar-refractivity contribution in [3.05, 3.63) is 89.0 Å². The number of nitrogens with zero attached hydrogens (tertiary/aromatic N) is 2. The Balaban J connectivity index is 1.47. The zero-order chi connectivity index (χ0) is 37.9. The van der Waals surface area contributed by atoms with E-state index in [1.165, 1.54) is 11.4 Å². The van der Waals surface area contributed by atoms with E-state index in [1.807, 2.05) is 42.5 Å². The second-order valence-corrected chi connectivity index (χ2v) is 28.9. The first-order valence-electron chi connectivity index (χ1n) is 17.8. The molecule has 2 atom stereocenters. The van der Waals surface area contributed by atoms with E-state index in [9.17, 15) is 13.2 Å². The molecule has 3 aromatic carbocycles. The number of carbonyl (C=O) groups excluding carboxylic acids is 1. The fourth-order valence-corrected chi connectivity index (χ4v) is 8.73. The Kier molecular flexibility index (Phi) is 14.7. The van der Waals surface area contributed by atoms with Crippen molar-refractivity contribution in [1.82, 2.24) is 4.31 Å². The minimum Gasteiger partial charge on any atom is -0.486 e. The number of benzene rings is 3. The third-order valence-electron chi connectivity index (χ3n) is 8.92. The van der Waals surface area contributed by atoms with Gasteiger partial charge in [0.25, 0.3) is 0 Å². The fraction of sp³-hybridized carbons (Fsp3) is 0.487. The summed E-state index contributed by atoms with van der Waals surface area (Å²) in [5.74, 6) is 0.580. The van der Waals surface area contributed by atoms with Crippen molar-refractivity contribution in [2.45, 2.75) is 82.7 Å². The Bertz CT molecular complexity index is 1740. The molecule has 0 bridgehead atoms. The molecule has 0 heterocycles. The van der Waals surface area contributed by atoms with Gasteiger partial charge in [-0.05, 0) is 78.5 Å². The zero-order valence-electron chi connectivity index (χ0n) is 31.6. The molecule has 0 amide bonds. The van der Waals surface area contributed by atoms with Gasteiger partial charge in [-0.25, -0.2) is 8.42 Å². The summed E-state index contributed by atoms with van der Waals surface area (Å²) in [6, 6.07) is 24.2. The van der Waals surface area contributed by atoms with Crippen molar-refractivity contribution in [2.24, 2.45) is 0 Å². The van der Waals surface area contributed by atoms with Gasteiger partial charge < -0.3 is 23.7 Å². The molecule has 0 aromatic heterocycles. The second kappa shape index (κ2) is 18.5. The predicted octanol–water partition coefficient (Wildman–Crippen LogP) is 8.32. The van der Waals surface area contributed by atoms with Crippen LogP contribution in [0.2, 0.25) is 51.4 Å². The summed E-state index contributed by atoms with van der Waals surface area (Å²) in [6.45, 7) is 14.2. The predicted molar refractivity (Wildman–Crippen MR) is 209 cm³/mol. The number of methoxy groups -OCH3 is 1. The molecule has 13 heteroatoms. The number of sulfonamides is 1. The van der Waals surface area contributed by atoms with Crippen LogP contribution in [0, 0.1) is 11.3 Å². The molecule has 4 rings (SSSR count). The van der Waals surface area contributed by atoms with Gasteiger partial charge >= 0.3 is 5.97 Å². The normalized spacial score (nSPS) is 15.2. The van der Waals surface area contributed by atoms with Gasteiger partial charge in [-0.15, -0.1) is 0 Å². The Morgan fingerprint density at radius 1 is 0.885 bits per heavy atom. The highest BCUT2D eigenvalue weighted by Gasteiger charge is 2.31. The highest BCUT2D eigenvalue weighted by atomic mass is 32.2. The average Bonchev–Trinajstić information content (AvgIpc) is 3.50. The van der Waals surface area contributed by atoms with E-state index >= 15 is 0 Å².